The molecule has 0 aliphatic heterocycles. The molecule has 0 spiro atoms. The number of nitrogens with two attached hydrogens (primary N) is 1. The van der Waals surface area contributed by atoms with Crippen LogP contribution in [0.4, 0.5) is 0 Å². The van der Waals surface area contributed by atoms with Gasteiger partial charge in [-0.25, -0.2) is 15.6 Å². The van der Waals surface area contributed by atoms with E-state index in [1.54, 1.807) is 17.6 Å². The van der Waals surface area contributed by atoms with Crippen LogP contribution < -0.4 is 17.0 Å². The Morgan fingerprint density at radius 1 is 1.61 bits per heavy atom. The molecule has 0 radical (unpaired) electrons. The normalized spacial score (nSPS) is 10.3. The standard InChI is InChI=1S/C11H12N4O2S/c1-7-4-13-11(17)15(5-7)6-8-2-3-18-9(8)10(16)14-12/h2-5H,6,12H2,1H3,(H,14,16). The fourth-order valence-electron chi connectivity index (χ4n) is 1.59. The Labute approximate surface area is 107 Å². The van der Waals surface area contributed by atoms with Crippen LogP contribution in [0.1, 0.15) is 20.8 Å². The van der Waals surface area contributed by atoms with E-state index in [2.05, 4.69) is 10.4 Å². The Hall–Kier alpha value is -1.99. The summed E-state index contributed by atoms with van der Waals surface area (Å²) in [6.07, 6.45) is 3.22. The fourth-order valence-corrected chi connectivity index (χ4v) is 2.41. The molecule has 0 saturated heterocycles. The molecule has 0 fully saturated rings. The van der Waals surface area contributed by atoms with Gasteiger partial charge in [-0.15, -0.1) is 11.3 Å². The Morgan fingerprint density at radius 3 is 3.11 bits per heavy atom. The molecule has 0 aromatic carbocycles. The second kappa shape index (κ2) is 5.11. The molecule has 1 amide bonds. The van der Waals surface area contributed by atoms with E-state index in [4.69, 9.17) is 5.84 Å². The summed E-state index contributed by atoms with van der Waals surface area (Å²) < 4.78 is 1.46. The zero-order valence-corrected chi connectivity index (χ0v) is 10.5. The van der Waals surface area contributed by atoms with Crippen LogP contribution in [0.2, 0.25) is 0 Å². The minimum atomic E-state index is -0.353. The second-order valence-electron chi connectivity index (χ2n) is 3.79. The van der Waals surface area contributed by atoms with Gasteiger partial charge in [0.1, 0.15) is 0 Å². The van der Waals surface area contributed by atoms with E-state index in [1.807, 2.05) is 6.92 Å². The number of hydrogen-bond acceptors (Lipinski definition) is 5. The van der Waals surface area contributed by atoms with Crippen LogP contribution in [0.3, 0.4) is 0 Å². The Balaban J connectivity index is 2.35. The van der Waals surface area contributed by atoms with Crippen molar-refractivity contribution < 1.29 is 4.79 Å². The molecule has 0 unspecified atom stereocenters. The molecule has 7 heteroatoms. The molecule has 0 bridgehead atoms. The number of thiophene rings is 1. The molecular formula is C11H12N4O2S. The average Bonchev–Trinajstić information content (AvgIpc) is 2.81. The van der Waals surface area contributed by atoms with E-state index < -0.39 is 0 Å². The number of amides is 1. The summed E-state index contributed by atoms with van der Waals surface area (Å²) in [6, 6.07) is 1.80. The van der Waals surface area contributed by atoms with Gasteiger partial charge in [-0.1, -0.05) is 0 Å². The molecule has 6 nitrogen and oxygen atoms in total. The van der Waals surface area contributed by atoms with Crippen molar-refractivity contribution in [1.82, 2.24) is 15.0 Å². The number of hydrogen-bond donors (Lipinski definition) is 2. The molecule has 0 aliphatic rings. The average molecular weight is 264 g/mol. The molecular weight excluding hydrogens is 252 g/mol. The minimum Gasteiger partial charge on any atom is -0.294 e. The van der Waals surface area contributed by atoms with Crippen LogP contribution in [0, 0.1) is 6.92 Å². The SMILES string of the molecule is Cc1cnc(=O)n(Cc2ccsc2C(=O)NN)c1. The Morgan fingerprint density at radius 2 is 2.39 bits per heavy atom. The van der Waals surface area contributed by atoms with Gasteiger partial charge in [0, 0.05) is 12.4 Å². The third-order valence-corrected chi connectivity index (χ3v) is 3.36. The topological polar surface area (TPSA) is 90.0 Å². The number of nitrogens with one attached hydrogen (secondary N) is 1. The van der Waals surface area contributed by atoms with Gasteiger partial charge in [-0.2, -0.15) is 0 Å². The third-order valence-electron chi connectivity index (χ3n) is 2.41. The molecule has 0 atom stereocenters. The number of nitrogen functional groups attached to an aromatic ring is 1. The molecule has 0 saturated carbocycles. The van der Waals surface area contributed by atoms with Gasteiger partial charge in [0.15, 0.2) is 0 Å². The maximum absolute atomic E-state index is 11.6. The molecule has 0 aliphatic carbocycles. The van der Waals surface area contributed by atoms with Crippen molar-refractivity contribution in [3.8, 4) is 0 Å². The summed E-state index contributed by atoms with van der Waals surface area (Å²) in [4.78, 5) is 27.3. The monoisotopic (exact) mass is 264 g/mol. The highest BCUT2D eigenvalue weighted by atomic mass is 32.1. The number of carbonyl (C=O) groups excluding carboxylic acids is 1. The molecule has 2 rings (SSSR count). The van der Waals surface area contributed by atoms with Gasteiger partial charge in [-0.3, -0.25) is 14.8 Å². The van der Waals surface area contributed by atoms with Gasteiger partial charge in [0.25, 0.3) is 5.91 Å². The fraction of sp³-hybridized carbons (Fsp3) is 0.182. The molecule has 94 valence electrons. The summed E-state index contributed by atoms with van der Waals surface area (Å²) in [6.45, 7) is 2.16. The number of rotatable bonds is 3. The number of nitrogens with zero attached hydrogens (tertiary/aromatic N) is 2. The third kappa shape index (κ3) is 2.47. The quantitative estimate of drug-likeness (QED) is 0.473. The molecule has 2 aromatic rings. The van der Waals surface area contributed by atoms with Crippen LogP contribution >= 0.6 is 11.3 Å². The van der Waals surface area contributed by atoms with E-state index in [1.165, 1.54) is 22.1 Å². The van der Waals surface area contributed by atoms with Crippen molar-refractivity contribution in [3.63, 3.8) is 0 Å². The van der Waals surface area contributed by atoms with Crippen LogP contribution in [0.5, 0.6) is 0 Å². The Kier molecular flexibility index (Phi) is 3.54. The summed E-state index contributed by atoms with van der Waals surface area (Å²) in [5.41, 5.74) is 3.38. The van der Waals surface area contributed by atoms with Crippen molar-refractivity contribution in [3.05, 3.63) is 50.3 Å². The highest BCUT2D eigenvalue weighted by Crippen LogP contribution is 2.17. The lowest BCUT2D eigenvalue weighted by Crippen LogP contribution is -2.30. The molecule has 2 aromatic heterocycles. The lowest BCUT2D eigenvalue weighted by atomic mass is 10.2. The largest absolute Gasteiger partial charge is 0.347 e. The van der Waals surface area contributed by atoms with Gasteiger partial charge < -0.3 is 0 Å². The maximum atomic E-state index is 11.6. The van der Waals surface area contributed by atoms with E-state index in [0.717, 1.165) is 11.1 Å². The van der Waals surface area contributed by atoms with Crippen molar-refractivity contribution in [2.45, 2.75) is 13.5 Å². The lowest BCUT2D eigenvalue weighted by molar-refractivity contribution is 0.0957. The summed E-state index contributed by atoms with van der Waals surface area (Å²) >= 11 is 1.28. The number of aromatic nitrogens is 2. The van der Waals surface area contributed by atoms with E-state index in [-0.39, 0.29) is 11.6 Å². The van der Waals surface area contributed by atoms with Gasteiger partial charge in [-0.05, 0) is 29.5 Å². The number of aryl methyl sites for hydroxylation is 1. The predicted molar refractivity (Wildman–Crippen MR) is 68.3 cm³/mol. The minimum absolute atomic E-state index is 0.305. The van der Waals surface area contributed by atoms with Crippen LogP contribution in [0.25, 0.3) is 0 Å². The summed E-state index contributed by atoms with van der Waals surface area (Å²) in [7, 11) is 0. The van der Waals surface area contributed by atoms with Gasteiger partial charge >= 0.3 is 5.69 Å². The maximum Gasteiger partial charge on any atom is 0.347 e. The van der Waals surface area contributed by atoms with Crippen LogP contribution in [0.15, 0.2) is 28.6 Å². The number of carbonyl (C=O) groups is 1. The first-order valence-corrected chi connectivity index (χ1v) is 6.10. The van der Waals surface area contributed by atoms with E-state index in [0.29, 0.717) is 11.4 Å². The van der Waals surface area contributed by atoms with Crippen LogP contribution in [-0.4, -0.2) is 15.5 Å². The van der Waals surface area contributed by atoms with Crippen molar-refractivity contribution in [1.29, 1.82) is 0 Å². The van der Waals surface area contributed by atoms with E-state index in [9.17, 15) is 9.59 Å². The predicted octanol–water partition coefficient (Wildman–Crippen LogP) is 0.265. The van der Waals surface area contributed by atoms with E-state index >= 15 is 0 Å². The Bertz CT molecular complexity index is 632. The lowest BCUT2D eigenvalue weighted by Gasteiger charge is -2.06. The second-order valence-corrected chi connectivity index (χ2v) is 4.71. The molecule has 18 heavy (non-hydrogen) atoms. The molecule has 2 heterocycles. The highest BCUT2D eigenvalue weighted by Gasteiger charge is 2.12. The van der Waals surface area contributed by atoms with Crippen molar-refractivity contribution in [2.75, 3.05) is 0 Å². The smallest absolute Gasteiger partial charge is 0.294 e. The van der Waals surface area contributed by atoms with Gasteiger partial charge in [0.05, 0.1) is 11.4 Å². The van der Waals surface area contributed by atoms with Gasteiger partial charge in [0.2, 0.25) is 0 Å². The van der Waals surface area contributed by atoms with Crippen molar-refractivity contribution in [2.24, 2.45) is 5.84 Å². The summed E-state index contributed by atoms with van der Waals surface area (Å²) in [5.74, 6) is 4.75. The first-order chi connectivity index (χ1) is 8.61. The molecule has 3 N–H and O–H groups in total. The summed E-state index contributed by atoms with van der Waals surface area (Å²) in [5, 5.41) is 1.79. The zero-order chi connectivity index (χ0) is 13.1. The van der Waals surface area contributed by atoms with Crippen LogP contribution in [-0.2, 0) is 6.54 Å². The highest BCUT2D eigenvalue weighted by molar-refractivity contribution is 7.12. The number of hydrazine groups is 1. The van der Waals surface area contributed by atoms with Crippen molar-refractivity contribution >= 4 is 17.2 Å². The first-order valence-electron chi connectivity index (χ1n) is 5.22. The first kappa shape index (κ1) is 12.5. The zero-order valence-electron chi connectivity index (χ0n) is 9.71.